The summed E-state index contributed by atoms with van der Waals surface area (Å²) in [6.45, 7) is 3.57. The lowest BCUT2D eigenvalue weighted by molar-refractivity contribution is 0.561. The highest BCUT2D eigenvalue weighted by atomic mass is 15.2. The topological polar surface area (TPSA) is 48.5 Å². The third-order valence-electron chi connectivity index (χ3n) is 2.07. The first-order valence-corrected chi connectivity index (χ1v) is 4.47. The van der Waals surface area contributed by atoms with Gasteiger partial charge in [0.2, 0.25) is 0 Å². The first-order valence-electron chi connectivity index (χ1n) is 4.47. The molecule has 0 saturated heterocycles. The number of rotatable bonds is 2. The standard InChI is InChI=1S/C9H15N3/c1-9(2,7-10)12-11-8-5-3-4-6-8/h8H,3-6H2,1-2H3. The van der Waals surface area contributed by atoms with Gasteiger partial charge in [-0.1, -0.05) is 12.8 Å². The summed E-state index contributed by atoms with van der Waals surface area (Å²) in [5, 5.41) is 16.9. The van der Waals surface area contributed by atoms with Crippen LogP contribution in [-0.4, -0.2) is 11.6 Å². The van der Waals surface area contributed by atoms with Crippen molar-refractivity contribution in [3.8, 4) is 6.07 Å². The monoisotopic (exact) mass is 165 g/mol. The second kappa shape index (κ2) is 3.66. The Morgan fingerprint density at radius 2 is 1.92 bits per heavy atom. The SMILES string of the molecule is CC(C)(C#N)N=NC1CCCC1. The summed E-state index contributed by atoms with van der Waals surface area (Å²) in [7, 11) is 0. The van der Waals surface area contributed by atoms with E-state index in [-0.39, 0.29) is 0 Å². The van der Waals surface area contributed by atoms with Crippen molar-refractivity contribution in [3.63, 3.8) is 0 Å². The molecule has 0 bridgehead atoms. The van der Waals surface area contributed by atoms with Crippen LogP contribution in [0.1, 0.15) is 39.5 Å². The van der Waals surface area contributed by atoms with E-state index in [1.54, 1.807) is 13.8 Å². The van der Waals surface area contributed by atoms with Gasteiger partial charge in [0, 0.05) is 0 Å². The molecule has 0 amide bonds. The maximum absolute atomic E-state index is 8.66. The largest absolute Gasteiger partial charge is 0.196 e. The highest BCUT2D eigenvalue weighted by Gasteiger charge is 2.18. The van der Waals surface area contributed by atoms with Crippen LogP contribution < -0.4 is 0 Å². The molecule has 0 atom stereocenters. The fourth-order valence-electron chi connectivity index (χ4n) is 1.27. The lowest BCUT2D eigenvalue weighted by atomic mass is 10.1. The van der Waals surface area contributed by atoms with Crippen LogP contribution in [0.3, 0.4) is 0 Å². The molecule has 3 heteroatoms. The summed E-state index contributed by atoms with van der Waals surface area (Å²) < 4.78 is 0. The number of hydrogen-bond acceptors (Lipinski definition) is 3. The van der Waals surface area contributed by atoms with Crippen molar-refractivity contribution in [3.05, 3.63) is 0 Å². The molecule has 0 unspecified atom stereocenters. The lowest BCUT2D eigenvalue weighted by Gasteiger charge is -2.07. The van der Waals surface area contributed by atoms with Gasteiger partial charge >= 0.3 is 0 Å². The molecular formula is C9H15N3. The second-order valence-corrected chi connectivity index (χ2v) is 3.82. The van der Waals surface area contributed by atoms with Crippen molar-refractivity contribution in [2.75, 3.05) is 0 Å². The zero-order chi connectivity index (χ0) is 9.03. The second-order valence-electron chi connectivity index (χ2n) is 3.82. The van der Waals surface area contributed by atoms with Gasteiger partial charge in [0.1, 0.15) is 0 Å². The number of nitriles is 1. The van der Waals surface area contributed by atoms with E-state index in [1.807, 2.05) is 0 Å². The van der Waals surface area contributed by atoms with Crippen LogP contribution in [0.25, 0.3) is 0 Å². The summed E-state index contributed by atoms with van der Waals surface area (Å²) in [5.41, 5.74) is -0.636. The van der Waals surface area contributed by atoms with E-state index in [4.69, 9.17) is 5.26 Å². The molecule has 1 saturated carbocycles. The van der Waals surface area contributed by atoms with Gasteiger partial charge in [0.05, 0.1) is 12.1 Å². The summed E-state index contributed by atoms with van der Waals surface area (Å²) in [6, 6.07) is 2.49. The van der Waals surface area contributed by atoms with E-state index in [9.17, 15) is 0 Å². The molecule has 66 valence electrons. The Morgan fingerprint density at radius 1 is 1.33 bits per heavy atom. The maximum Gasteiger partial charge on any atom is 0.161 e. The first kappa shape index (κ1) is 9.18. The molecule has 0 aromatic rings. The van der Waals surface area contributed by atoms with Crippen molar-refractivity contribution in [2.45, 2.75) is 51.1 Å². The Bertz CT molecular complexity index is 206. The van der Waals surface area contributed by atoms with E-state index < -0.39 is 5.54 Å². The van der Waals surface area contributed by atoms with Crippen LogP contribution in [0.15, 0.2) is 10.2 Å². The fraction of sp³-hybridized carbons (Fsp3) is 0.889. The Morgan fingerprint density at radius 3 is 2.42 bits per heavy atom. The Hall–Kier alpha value is -0.910. The first-order chi connectivity index (χ1) is 5.64. The lowest BCUT2D eigenvalue weighted by Crippen LogP contribution is -2.12. The van der Waals surface area contributed by atoms with Crippen LogP contribution in [0.5, 0.6) is 0 Å². The zero-order valence-electron chi connectivity index (χ0n) is 7.75. The van der Waals surface area contributed by atoms with Crippen molar-refractivity contribution < 1.29 is 0 Å². The molecule has 1 aliphatic rings. The average Bonchev–Trinajstić information content (AvgIpc) is 2.53. The number of azo groups is 1. The summed E-state index contributed by atoms with van der Waals surface area (Å²) in [6.07, 6.45) is 4.81. The van der Waals surface area contributed by atoms with E-state index in [0.29, 0.717) is 6.04 Å². The quantitative estimate of drug-likeness (QED) is 0.580. The minimum atomic E-state index is -0.636. The van der Waals surface area contributed by atoms with Crippen molar-refractivity contribution >= 4 is 0 Å². The third-order valence-corrected chi connectivity index (χ3v) is 2.07. The van der Waals surface area contributed by atoms with Gasteiger partial charge in [-0.25, -0.2) is 0 Å². The minimum absolute atomic E-state index is 0.387. The van der Waals surface area contributed by atoms with Gasteiger partial charge < -0.3 is 0 Å². The molecule has 0 heterocycles. The Labute approximate surface area is 73.5 Å². The van der Waals surface area contributed by atoms with Gasteiger partial charge in [0.15, 0.2) is 5.54 Å². The molecule has 3 nitrogen and oxygen atoms in total. The molecule has 0 aliphatic heterocycles. The van der Waals surface area contributed by atoms with E-state index in [1.165, 1.54) is 12.8 Å². The molecule has 0 spiro atoms. The van der Waals surface area contributed by atoms with Crippen LogP contribution in [-0.2, 0) is 0 Å². The fourth-order valence-corrected chi connectivity index (χ4v) is 1.27. The van der Waals surface area contributed by atoms with E-state index in [0.717, 1.165) is 12.8 Å². The van der Waals surface area contributed by atoms with Crippen molar-refractivity contribution in [1.29, 1.82) is 5.26 Å². The Balaban J connectivity index is 2.44. The minimum Gasteiger partial charge on any atom is -0.196 e. The highest BCUT2D eigenvalue weighted by Crippen LogP contribution is 2.22. The van der Waals surface area contributed by atoms with E-state index in [2.05, 4.69) is 16.3 Å². The van der Waals surface area contributed by atoms with Crippen molar-refractivity contribution in [1.82, 2.24) is 0 Å². The molecule has 0 aromatic heterocycles. The molecule has 1 aliphatic carbocycles. The summed E-state index contributed by atoms with van der Waals surface area (Å²) in [5.74, 6) is 0. The molecular weight excluding hydrogens is 150 g/mol. The highest BCUT2D eigenvalue weighted by molar-refractivity contribution is 4.99. The molecule has 0 radical (unpaired) electrons. The predicted octanol–water partition coefficient (Wildman–Crippen LogP) is 2.68. The molecule has 1 rings (SSSR count). The van der Waals surface area contributed by atoms with Gasteiger partial charge in [-0.3, -0.25) is 0 Å². The maximum atomic E-state index is 8.66. The van der Waals surface area contributed by atoms with Crippen LogP contribution in [0, 0.1) is 11.3 Å². The Kier molecular flexibility index (Phi) is 2.80. The smallest absolute Gasteiger partial charge is 0.161 e. The average molecular weight is 165 g/mol. The normalized spacial score (nSPS) is 20.1. The van der Waals surface area contributed by atoms with Crippen LogP contribution in [0.4, 0.5) is 0 Å². The molecule has 0 N–H and O–H groups in total. The molecule has 12 heavy (non-hydrogen) atoms. The predicted molar refractivity (Wildman–Crippen MR) is 46.8 cm³/mol. The van der Waals surface area contributed by atoms with Crippen LogP contribution >= 0.6 is 0 Å². The van der Waals surface area contributed by atoms with Gasteiger partial charge in [0.25, 0.3) is 0 Å². The molecule has 1 fully saturated rings. The summed E-state index contributed by atoms with van der Waals surface area (Å²) in [4.78, 5) is 0. The number of hydrogen-bond donors (Lipinski definition) is 0. The van der Waals surface area contributed by atoms with Crippen LogP contribution in [0.2, 0.25) is 0 Å². The number of nitrogens with zero attached hydrogens (tertiary/aromatic N) is 3. The zero-order valence-corrected chi connectivity index (χ0v) is 7.75. The van der Waals surface area contributed by atoms with Gasteiger partial charge in [-0.05, 0) is 26.7 Å². The third kappa shape index (κ3) is 2.61. The van der Waals surface area contributed by atoms with Crippen molar-refractivity contribution in [2.24, 2.45) is 10.2 Å². The molecule has 0 aromatic carbocycles. The van der Waals surface area contributed by atoms with Gasteiger partial charge in [-0.2, -0.15) is 15.5 Å². The van der Waals surface area contributed by atoms with Gasteiger partial charge in [-0.15, -0.1) is 0 Å². The summed E-state index contributed by atoms with van der Waals surface area (Å²) >= 11 is 0. The van der Waals surface area contributed by atoms with E-state index >= 15 is 0 Å².